The Hall–Kier alpha value is -1.01. The average molecular weight is 337 g/mol. The highest BCUT2D eigenvalue weighted by molar-refractivity contribution is 6.54. The predicted octanol–water partition coefficient (Wildman–Crippen LogP) is 3.96. The van der Waals surface area contributed by atoms with Gasteiger partial charge in [0.25, 0.3) is 0 Å². The largest absolute Gasteiger partial charge is 0.490 e. The van der Waals surface area contributed by atoms with E-state index >= 15 is 0 Å². The van der Waals surface area contributed by atoms with Gasteiger partial charge in [0.05, 0.1) is 11.2 Å². The summed E-state index contributed by atoms with van der Waals surface area (Å²) in [6.07, 6.45) is 2.46. The van der Waals surface area contributed by atoms with Gasteiger partial charge in [0, 0.05) is 12.1 Å². The fraction of sp³-hybridized carbons (Fsp3) is 0.833. The molecule has 1 amide bonds. The van der Waals surface area contributed by atoms with Gasteiger partial charge in [-0.05, 0) is 74.2 Å². The minimum atomic E-state index is -0.497. The summed E-state index contributed by atoms with van der Waals surface area (Å²) in [6.45, 7) is 18.5. The van der Waals surface area contributed by atoms with E-state index in [0.717, 1.165) is 5.47 Å². The van der Waals surface area contributed by atoms with Gasteiger partial charge in [-0.1, -0.05) is 6.08 Å². The SMILES string of the molecule is CC(C)(C)OC(=O)N1CC=C(B2OC(C)(C)C(C)(C)O2)CC1(C)C. The van der Waals surface area contributed by atoms with Gasteiger partial charge in [-0.3, -0.25) is 4.90 Å². The maximum absolute atomic E-state index is 12.5. The van der Waals surface area contributed by atoms with E-state index < -0.39 is 5.60 Å². The molecule has 5 nitrogen and oxygen atoms in total. The molecule has 0 saturated carbocycles. The molecule has 0 unspecified atom stereocenters. The maximum atomic E-state index is 12.5. The summed E-state index contributed by atoms with van der Waals surface area (Å²) >= 11 is 0. The Morgan fingerprint density at radius 2 is 1.62 bits per heavy atom. The molecule has 0 atom stereocenters. The van der Waals surface area contributed by atoms with Crippen LogP contribution in [0.5, 0.6) is 0 Å². The molecule has 0 aliphatic carbocycles. The second-order valence-corrected chi connectivity index (χ2v) is 9.45. The first-order valence-corrected chi connectivity index (χ1v) is 8.70. The number of hydrogen-bond acceptors (Lipinski definition) is 4. The summed E-state index contributed by atoms with van der Waals surface area (Å²) in [4.78, 5) is 14.2. The topological polar surface area (TPSA) is 48.0 Å². The Kier molecular flexibility index (Phi) is 4.64. The number of nitrogens with zero attached hydrogens (tertiary/aromatic N) is 1. The van der Waals surface area contributed by atoms with Gasteiger partial charge in [-0.15, -0.1) is 0 Å². The molecule has 0 radical (unpaired) electrons. The van der Waals surface area contributed by atoms with Gasteiger partial charge >= 0.3 is 13.2 Å². The minimum Gasteiger partial charge on any atom is -0.444 e. The average Bonchev–Trinajstić information content (AvgIpc) is 2.54. The molecule has 0 aromatic heterocycles. The van der Waals surface area contributed by atoms with Crippen molar-refractivity contribution in [1.29, 1.82) is 0 Å². The molecule has 0 aromatic carbocycles. The highest BCUT2D eigenvalue weighted by atomic mass is 16.7. The molecule has 0 spiro atoms. The molecule has 2 heterocycles. The fourth-order valence-corrected chi connectivity index (χ4v) is 2.94. The van der Waals surface area contributed by atoms with Crippen molar-refractivity contribution in [2.75, 3.05) is 6.54 Å². The monoisotopic (exact) mass is 337 g/mol. The zero-order valence-electron chi connectivity index (χ0n) is 16.6. The molecular weight excluding hydrogens is 305 g/mol. The number of rotatable bonds is 1. The number of ether oxygens (including phenoxy) is 1. The van der Waals surface area contributed by atoms with Gasteiger partial charge in [-0.25, -0.2) is 4.79 Å². The van der Waals surface area contributed by atoms with E-state index in [1.165, 1.54) is 0 Å². The summed E-state index contributed by atoms with van der Waals surface area (Å²) in [5, 5.41) is 0. The van der Waals surface area contributed by atoms with Crippen molar-refractivity contribution in [1.82, 2.24) is 4.90 Å². The predicted molar refractivity (Wildman–Crippen MR) is 95.8 cm³/mol. The Morgan fingerprint density at radius 3 is 2.04 bits per heavy atom. The van der Waals surface area contributed by atoms with Crippen LogP contribution in [-0.2, 0) is 14.0 Å². The van der Waals surface area contributed by atoms with Gasteiger partial charge in [-0.2, -0.15) is 0 Å². The first-order chi connectivity index (χ1) is 10.6. The van der Waals surface area contributed by atoms with E-state index in [0.29, 0.717) is 13.0 Å². The molecule has 2 aliphatic rings. The van der Waals surface area contributed by atoms with Crippen molar-refractivity contribution in [2.24, 2.45) is 0 Å². The molecule has 24 heavy (non-hydrogen) atoms. The number of hydrogen-bond donors (Lipinski definition) is 0. The van der Waals surface area contributed by atoms with Crippen LogP contribution < -0.4 is 0 Å². The molecular formula is C18H32BNO4. The van der Waals surface area contributed by atoms with Crippen LogP contribution in [0.3, 0.4) is 0 Å². The van der Waals surface area contributed by atoms with Crippen LogP contribution >= 0.6 is 0 Å². The Morgan fingerprint density at radius 1 is 1.12 bits per heavy atom. The van der Waals surface area contributed by atoms with E-state index in [9.17, 15) is 4.79 Å². The molecule has 0 aromatic rings. The van der Waals surface area contributed by atoms with Crippen LogP contribution in [0.25, 0.3) is 0 Å². The van der Waals surface area contributed by atoms with Crippen molar-refractivity contribution in [3.63, 3.8) is 0 Å². The zero-order chi connectivity index (χ0) is 18.6. The normalized spacial score (nSPS) is 25.5. The van der Waals surface area contributed by atoms with Crippen molar-refractivity contribution in [3.05, 3.63) is 11.5 Å². The van der Waals surface area contributed by atoms with E-state index in [1.54, 1.807) is 4.90 Å². The van der Waals surface area contributed by atoms with Crippen molar-refractivity contribution < 1.29 is 18.8 Å². The Bertz CT molecular complexity index is 530. The molecule has 6 heteroatoms. The van der Waals surface area contributed by atoms with Gasteiger partial charge in [0.2, 0.25) is 0 Å². The van der Waals surface area contributed by atoms with E-state index in [1.807, 2.05) is 26.8 Å². The first kappa shape index (κ1) is 19.3. The third kappa shape index (κ3) is 3.80. The minimum absolute atomic E-state index is 0.281. The van der Waals surface area contributed by atoms with E-state index in [4.69, 9.17) is 14.0 Å². The zero-order valence-corrected chi connectivity index (χ0v) is 16.6. The summed E-state index contributed by atoms with van der Waals surface area (Å²) < 4.78 is 17.8. The third-order valence-corrected chi connectivity index (χ3v) is 5.07. The van der Waals surface area contributed by atoms with Gasteiger partial charge in [0.15, 0.2) is 0 Å². The highest BCUT2D eigenvalue weighted by Gasteiger charge is 2.53. The molecule has 2 aliphatic heterocycles. The van der Waals surface area contributed by atoms with Crippen molar-refractivity contribution in [2.45, 2.75) is 91.1 Å². The summed E-state index contributed by atoms with van der Waals surface area (Å²) in [5.74, 6) is 0. The lowest BCUT2D eigenvalue weighted by Crippen LogP contribution is -2.53. The summed E-state index contributed by atoms with van der Waals surface area (Å²) in [5.41, 5.74) is -0.465. The van der Waals surface area contributed by atoms with Crippen LogP contribution in [-0.4, -0.2) is 47.0 Å². The summed E-state index contributed by atoms with van der Waals surface area (Å²) in [6, 6.07) is 0. The maximum Gasteiger partial charge on any atom is 0.490 e. The van der Waals surface area contributed by atoms with Crippen LogP contribution in [0.1, 0.15) is 68.7 Å². The number of carbonyl (C=O) groups excluding carboxylic acids is 1. The quantitative estimate of drug-likeness (QED) is 0.680. The number of carbonyl (C=O) groups is 1. The van der Waals surface area contributed by atoms with E-state index in [-0.39, 0.29) is 30.0 Å². The second kappa shape index (κ2) is 5.77. The first-order valence-electron chi connectivity index (χ1n) is 8.70. The summed E-state index contributed by atoms with van der Waals surface area (Å²) in [7, 11) is -0.352. The van der Waals surface area contributed by atoms with E-state index in [2.05, 4.69) is 41.5 Å². The second-order valence-electron chi connectivity index (χ2n) is 9.45. The Labute approximate surface area is 146 Å². The van der Waals surface area contributed by atoms with Crippen molar-refractivity contribution in [3.8, 4) is 0 Å². The molecule has 0 N–H and O–H groups in total. The lowest BCUT2D eigenvalue weighted by molar-refractivity contribution is 0.00487. The standard InChI is InChI=1S/C18H32BNO4/c1-15(2,3)22-14(21)20-11-10-13(12-16(20,4)5)19-23-17(6,7)18(8,9)24-19/h10H,11-12H2,1-9H3. The molecule has 2 rings (SSSR count). The van der Waals surface area contributed by atoms with Crippen LogP contribution in [0.4, 0.5) is 4.79 Å². The van der Waals surface area contributed by atoms with Crippen molar-refractivity contribution >= 4 is 13.2 Å². The molecule has 0 bridgehead atoms. The van der Waals surface area contributed by atoms with Crippen LogP contribution in [0.15, 0.2) is 11.5 Å². The third-order valence-electron chi connectivity index (χ3n) is 5.07. The number of amides is 1. The smallest absolute Gasteiger partial charge is 0.444 e. The van der Waals surface area contributed by atoms with Gasteiger partial charge in [0.1, 0.15) is 5.60 Å². The van der Waals surface area contributed by atoms with Crippen LogP contribution in [0, 0.1) is 0 Å². The van der Waals surface area contributed by atoms with Crippen LogP contribution in [0.2, 0.25) is 0 Å². The highest BCUT2D eigenvalue weighted by Crippen LogP contribution is 2.41. The Balaban J connectivity index is 2.15. The molecule has 136 valence electrons. The van der Waals surface area contributed by atoms with Gasteiger partial charge < -0.3 is 14.0 Å². The molecule has 1 saturated heterocycles. The lowest BCUT2D eigenvalue weighted by Gasteiger charge is -2.42. The lowest BCUT2D eigenvalue weighted by atomic mass is 9.70. The molecule has 1 fully saturated rings. The fourth-order valence-electron chi connectivity index (χ4n) is 2.94.